The summed E-state index contributed by atoms with van der Waals surface area (Å²) in [5.41, 5.74) is 0. The predicted molar refractivity (Wildman–Crippen MR) is 82.7 cm³/mol. The van der Waals surface area contributed by atoms with E-state index in [1.165, 1.54) is 13.8 Å². The van der Waals surface area contributed by atoms with Crippen molar-refractivity contribution in [3.63, 3.8) is 0 Å². The molecule has 0 amide bonds. The largest absolute Gasteiger partial charge is 0.458 e. The Labute approximate surface area is 128 Å². The normalized spacial score (nSPS) is 11.6. The summed E-state index contributed by atoms with van der Waals surface area (Å²) in [6, 6.07) is 0. The summed E-state index contributed by atoms with van der Waals surface area (Å²) in [4.78, 5) is 24.2. The molecule has 0 saturated carbocycles. The maximum absolute atomic E-state index is 11.1. The Bertz CT molecular complexity index is 331. The van der Waals surface area contributed by atoms with Crippen LogP contribution in [0.25, 0.3) is 0 Å². The lowest BCUT2D eigenvalue weighted by atomic mass is 10.2. The molecule has 5 heteroatoms. The molecule has 0 aromatic carbocycles. The van der Waals surface area contributed by atoms with Crippen molar-refractivity contribution in [3.8, 4) is 0 Å². The van der Waals surface area contributed by atoms with E-state index < -0.39 is 5.97 Å². The van der Waals surface area contributed by atoms with Crippen LogP contribution < -0.4 is 0 Å². The van der Waals surface area contributed by atoms with Crippen molar-refractivity contribution in [1.82, 2.24) is 4.90 Å². The fraction of sp³-hybridized carbons (Fsp3) is 0.750. The molecule has 122 valence electrons. The molecule has 0 aromatic rings. The van der Waals surface area contributed by atoms with Crippen LogP contribution in [-0.4, -0.2) is 43.1 Å². The van der Waals surface area contributed by atoms with Gasteiger partial charge in [-0.15, -0.1) is 0 Å². The molecule has 0 rings (SSSR count). The minimum atomic E-state index is -0.401. The van der Waals surface area contributed by atoms with Crippen molar-refractivity contribution in [2.45, 2.75) is 53.4 Å². The second-order valence-corrected chi connectivity index (χ2v) is 5.05. The van der Waals surface area contributed by atoms with Crippen LogP contribution in [0, 0.1) is 0 Å². The van der Waals surface area contributed by atoms with E-state index in [1.54, 1.807) is 0 Å². The average Bonchev–Trinajstić information content (AvgIpc) is 2.42. The van der Waals surface area contributed by atoms with E-state index in [1.807, 2.05) is 6.08 Å². The highest BCUT2D eigenvalue weighted by Gasteiger charge is 2.07. The van der Waals surface area contributed by atoms with E-state index in [-0.39, 0.29) is 12.6 Å². The molecule has 0 atom stereocenters. The molecule has 0 saturated heterocycles. The summed E-state index contributed by atoms with van der Waals surface area (Å²) in [6.45, 7) is 9.75. The number of hydrogen-bond donors (Lipinski definition) is 0. The van der Waals surface area contributed by atoms with Crippen LogP contribution in [0.3, 0.4) is 0 Å². The van der Waals surface area contributed by atoms with Gasteiger partial charge in [-0.2, -0.15) is 0 Å². The van der Waals surface area contributed by atoms with Gasteiger partial charge in [0.25, 0.3) is 0 Å². The number of hydrogen-bond acceptors (Lipinski definition) is 5. The number of ether oxygens (including phenoxy) is 2. The van der Waals surface area contributed by atoms with Crippen LogP contribution in [0.15, 0.2) is 11.8 Å². The Morgan fingerprint density at radius 3 is 2.00 bits per heavy atom. The monoisotopic (exact) mass is 299 g/mol. The molecule has 5 nitrogen and oxygen atoms in total. The summed E-state index contributed by atoms with van der Waals surface area (Å²) >= 11 is 0. The summed E-state index contributed by atoms with van der Waals surface area (Å²) in [5.74, 6) is -0.389. The van der Waals surface area contributed by atoms with Crippen LogP contribution >= 0.6 is 0 Å². The van der Waals surface area contributed by atoms with Crippen molar-refractivity contribution in [2.24, 2.45) is 0 Å². The third-order valence-electron chi connectivity index (χ3n) is 2.93. The summed E-state index contributed by atoms with van der Waals surface area (Å²) < 4.78 is 9.97. The first-order valence-corrected chi connectivity index (χ1v) is 7.72. The molecule has 0 radical (unpaired) electrons. The molecule has 0 heterocycles. The fourth-order valence-corrected chi connectivity index (χ4v) is 1.78. The van der Waals surface area contributed by atoms with Crippen molar-refractivity contribution in [2.75, 3.05) is 26.2 Å². The zero-order chi connectivity index (χ0) is 16.1. The zero-order valence-corrected chi connectivity index (χ0v) is 13.8. The minimum absolute atomic E-state index is 0.00427. The average molecular weight is 299 g/mol. The first kappa shape index (κ1) is 19.6. The highest BCUT2D eigenvalue weighted by atomic mass is 16.6. The fourth-order valence-electron chi connectivity index (χ4n) is 1.78. The molecule has 0 fully saturated rings. The third-order valence-corrected chi connectivity index (χ3v) is 2.93. The number of esters is 2. The maximum atomic E-state index is 11.1. The number of carbonyl (C=O) groups excluding carboxylic acids is 2. The lowest BCUT2D eigenvalue weighted by Gasteiger charge is -2.20. The molecule has 21 heavy (non-hydrogen) atoms. The Morgan fingerprint density at radius 2 is 1.57 bits per heavy atom. The Kier molecular flexibility index (Phi) is 11.6. The topological polar surface area (TPSA) is 55.8 Å². The third kappa shape index (κ3) is 12.1. The molecule has 0 aromatic heterocycles. The van der Waals surface area contributed by atoms with Gasteiger partial charge in [0.1, 0.15) is 12.4 Å². The molecular formula is C16H29NO4. The molecule has 0 aliphatic carbocycles. The van der Waals surface area contributed by atoms with Crippen LogP contribution in [0.4, 0.5) is 0 Å². The van der Waals surface area contributed by atoms with E-state index in [0.29, 0.717) is 12.3 Å². The minimum Gasteiger partial charge on any atom is -0.458 e. The van der Waals surface area contributed by atoms with E-state index in [2.05, 4.69) is 18.7 Å². The molecule has 0 bridgehead atoms. The lowest BCUT2D eigenvalue weighted by Crippen LogP contribution is -2.27. The van der Waals surface area contributed by atoms with Gasteiger partial charge in [-0.25, -0.2) is 0 Å². The second-order valence-electron chi connectivity index (χ2n) is 5.05. The van der Waals surface area contributed by atoms with Crippen molar-refractivity contribution < 1.29 is 19.1 Å². The van der Waals surface area contributed by atoms with Gasteiger partial charge in [0.05, 0.1) is 0 Å². The van der Waals surface area contributed by atoms with Gasteiger partial charge in [0.2, 0.25) is 0 Å². The van der Waals surface area contributed by atoms with E-state index >= 15 is 0 Å². The first-order valence-electron chi connectivity index (χ1n) is 7.72. The highest BCUT2D eigenvalue weighted by Crippen LogP contribution is 2.04. The van der Waals surface area contributed by atoms with E-state index in [0.717, 1.165) is 38.8 Å². The summed E-state index contributed by atoms with van der Waals surface area (Å²) in [7, 11) is 0. The number of unbranched alkanes of at least 4 members (excludes halogenated alkanes) is 2. The van der Waals surface area contributed by atoms with Gasteiger partial charge < -0.3 is 9.47 Å². The quantitative estimate of drug-likeness (QED) is 0.434. The van der Waals surface area contributed by atoms with Crippen LogP contribution in [0.5, 0.6) is 0 Å². The van der Waals surface area contributed by atoms with Crippen molar-refractivity contribution in [3.05, 3.63) is 11.8 Å². The summed E-state index contributed by atoms with van der Waals surface area (Å²) in [6.07, 6.45) is 6.41. The van der Waals surface area contributed by atoms with Gasteiger partial charge in [-0.05, 0) is 32.0 Å². The van der Waals surface area contributed by atoms with E-state index in [4.69, 9.17) is 9.47 Å². The van der Waals surface area contributed by atoms with Gasteiger partial charge in [-0.3, -0.25) is 14.5 Å². The van der Waals surface area contributed by atoms with Crippen molar-refractivity contribution in [1.29, 1.82) is 0 Å². The SMILES string of the molecule is CCCCN(C/C=C(\COC(C)=O)OC(C)=O)CCCC. The Balaban J connectivity index is 4.54. The summed E-state index contributed by atoms with van der Waals surface area (Å²) in [5, 5.41) is 0. The van der Waals surface area contributed by atoms with Crippen molar-refractivity contribution >= 4 is 11.9 Å². The van der Waals surface area contributed by atoms with Crippen LogP contribution in [0.1, 0.15) is 53.4 Å². The molecule has 0 aliphatic heterocycles. The maximum Gasteiger partial charge on any atom is 0.307 e. The first-order chi connectivity index (χ1) is 9.99. The van der Waals surface area contributed by atoms with Gasteiger partial charge in [0.15, 0.2) is 0 Å². The Hall–Kier alpha value is -1.36. The van der Waals surface area contributed by atoms with Crippen LogP contribution in [0.2, 0.25) is 0 Å². The number of carbonyl (C=O) groups is 2. The number of nitrogens with zero attached hydrogens (tertiary/aromatic N) is 1. The Morgan fingerprint density at radius 1 is 1.00 bits per heavy atom. The standard InChI is InChI=1S/C16H29NO4/c1-5-7-10-17(11-8-6-2)12-9-16(21-15(4)19)13-20-14(3)18/h9H,5-8,10-13H2,1-4H3/b16-9+. The highest BCUT2D eigenvalue weighted by molar-refractivity contribution is 5.68. The van der Waals surface area contributed by atoms with Gasteiger partial charge in [0, 0.05) is 20.4 Å². The molecule has 0 unspecified atom stereocenters. The molecule has 0 spiro atoms. The zero-order valence-electron chi connectivity index (χ0n) is 13.8. The van der Waals surface area contributed by atoms with Crippen LogP contribution in [-0.2, 0) is 19.1 Å². The molecule has 0 aliphatic rings. The lowest BCUT2D eigenvalue weighted by molar-refractivity contribution is -0.145. The van der Waals surface area contributed by atoms with E-state index in [9.17, 15) is 9.59 Å². The molecular weight excluding hydrogens is 270 g/mol. The number of rotatable bonds is 11. The van der Waals surface area contributed by atoms with Gasteiger partial charge >= 0.3 is 11.9 Å². The smallest absolute Gasteiger partial charge is 0.307 e. The molecule has 0 N–H and O–H groups in total. The second kappa shape index (κ2) is 12.4. The predicted octanol–water partition coefficient (Wildman–Crippen LogP) is 2.90. The van der Waals surface area contributed by atoms with Gasteiger partial charge in [-0.1, -0.05) is 26.7 Å².